The first-order valence-electron chi connectivity index (χ1n) is 4.86. The zero-order valence-electron chi connectivity index (χ0n) is 9.45. The summed E-state index contributed by atoms with van der Waals surface area (Å²) in [6.45, 7) is 1.65. The lowest BCUT2D eigenvalue weighted by Gasteiger charge is -2.11. The van der Waals surface area contributed by atoms with Gasteiger partial charge in [0.1, 0.15) is 0 Å². The molecule has 0 N–H and O–H groups in total. The summed E-state index contributed by atoms with van der Waals surface area (Å²) < 4.78 is 59.7. The second-order valence-corrected chi connectivity index (χ2v) is 7.05. The molecular weight excluding hydrogens is 323 g/mol. The van der Waals surface area contributed by atoms with E-state index in [1.54, 1.807) is 13.0 Å². The van der Waals surface area contributed by atoms with Crippen molar-refractivity contribution in [1.29, 1.82) is 5.26 Å². The topological polar surface area (TPSA) is 57.9 Å². The summed E-state index contributed by atoms with van der Waals surface area (Å²) in [5.74, 6) is 0. The molecule has 0 spiro atoms. The Morgan fingerprint density at radius 3 is 2.37 bits per heavy atom. The third-order valence-electron chi connectivity index (χ3n) is 2.16. The van der Waals surface area contributed by atoms with Gasteiger partial charge in [-0.05, 0) is 35.9 Å². The van der Waals surface area contributed by atoms with Crippen LogP contribution in [0.2, 0.25) is 0 Å². The quantitative estimate of drug-likeness (QED) is 0.627. The van der Waals surface area contributed by atoms with E-state index in [0.29, 0.717) is 12.0 Å². The van der Waals surface area contributed by atoms with Crippen LogP contribution in [0.15, 0.2) is 21.9 Å². The summed E-state index contributed by atoms with van der Waals surface area (Å²) >= 11 is -0.612. The number of benzene rings is 1. The zero-order chi connectivity index (χ0) is 14.8. The van der Waals surface area contributed by atoms with Crippen molar-refractivity contribution in [3.63, 3.8) is 0 Å². The highest BCUT2D eigenvalue weighted by atomic mass is 35.7. The molecule has 0 aliphatic rings. The molecule has 104 valence electrons. The SMILES string of the molecule is CCc1cc(S(=O)(=O)Cl)c(SC(F)(F)F)cc1C#N. The van der Waals surface area contributed by atoms with Gasteiger partial charge in [0.25, 0.3) is 9.05 Å². The Morgan fingerprint density at radius 1 is 1.42 bits per heavy atom. The van der Waals surface area contributed by atoms with Gasteiger partial charge in [-0.1, -0.05) is 6.92 Å². The average Bonchev–Trinajstić information content (AvgIpc) is 2.24. The summed E-state index contributed by atoms with van der Waals surface area (Å²) in [5.41, 5.74) is -4.34. The van der Waals surface area contributed by atoms with E-state index in [1.165, 1.54) is 0 Å². The van der Waals surface area contributed by atoms with Crippen LogP contribution in [0.25, 0.3) is 0 Å². The number of thioether (sulfide) groups is 1. The second kappa shape index (κ2) is 5.61. The van der Waals surface area contributed by atoms with Crippen LogP contribution < -0.4 is 0 Å². The largest absolute Gasteiger partial charge is 0.446 e. The monoisotopic (exact) mass is 329 g/mol. The van der Waals surface area contributed by atoms with Crippen LogP contribution in [0.3, 0.4) is 0 Å². The Hall–Kier alpha value is -0.910. The molecule has 19 heavy (non-hydrogen) atoms. The van der Waals surface area contributed by atoms with Gasteiger partial charge in [0.2, 0.25) is 0 Å². The maximum atomic E-state index is 12.4. The Kier molecular flexibility index (Phi) is 4.76. The predicted molar refractivity (Wildman–Crippen MR) is 65.5 cm³/mol. The van der Waals surface area contributed by atoms with Gasteiger partial charge in [-0.25, -0.2) is 8.42 Å². The van der Waals surface area contributed by atoms with Gasteiger partial charge < -0.3 is 0 Å². The van der Waals surface area contributed by atoms with Gasteiger partial charge in [-0.15, -0.1) is 0 Å². The smallest absolute Gasteiger partial charge is 0.207 e. The molecule has 0 heterocycles. The molecule has 1 aromatic carbocycles. The molecule has 1 rings (SSSR count). The summed E-state index contributed by atoms with van der Waals surface area (Å²) in [4.78, 5) is -1.23. The first-order valence-corrected chi connectivity index (χ1v) is 7.98. The molecule has 0 amide bonds. The molecule has 0 radical (unpaired) electrons. The summed E-state index contributed by atoms with van der Waals surface area (Å²) in [5, 5.41) is 8.84. The molecule has 0 atom stereocenters. The fourth-order valence-electron chi connectivity index (χ4n) is 1.39. The van der Waals surface area contributed by atoms with Crippen LogP contribution in [0.5, 0.6) is 0 Å². The molecule has 0 unspecified atom stereocenters. The van der Waals surface area contributed by atoms with Crippen LogP contribution in [-0.4, -0.2) is 13.9 Å². The van der Waals surface area contributed by atoms with E-state index < -0.39 is 36.1 Å². The fraction of sp³-hybridized carbons (Fsp3) is 0.300. The zero-order valence-corrected chi connectivity index (χ0v) is 11.8. The van der Waals surface area contributed by atoms with Gasteiger partial charge >= 0.3 is 5.51 Å². The minimum absolute atomic E-state index is 0.00156. The van der Waals surface area contributed by atoms with E-state index in [4.69, 9.17) is 15.9 Å². The standard InChI is InChI=1S/C10H7ClF3NO2S2/c1-2-6-4-9(19(11,16)17)8(3-7(6)5-15)18-10(12,13)14/h3-4H,2H2,1H3. The van der Waals surface area contributed by atoms with Crippen LogP contribution in [0.4, 0.5) is 13.2 Å². The molecule has 0 saturated carbocycles. The first kappa shape index (κ1) is 16.1. The van der Waals surface area contributed by atoms with Crippen LogP contribution in [0.1, 0.15) is 18.1 Å². The van der Waals surface area contributed by atoms with Crippen molar-refractivity contribution >= 4 is 31.5 Å². The van der Waals surface area contributed by atoms with E-state index >= 15 is 0 Å². The van der Waals surface area contributed by atoms with Crippen LogP contribution in [-0.2, 0) is 15.5 Å². The molecule has 0 aliphatic carbocycles. The van der Waals surface area contributed by atoms with Crippen LogP contribution >= 0.6 is 22.4 Å². The van der Waals surface area contributed by atoms with Gasteiger partial charge in [0, 0.05) is 15.6 Å². The number of hydrogen-bond donors (Lipinski definition) is 0. The first-order chi connectivity index (χ1) is 8.58. The lowest BCUT2D eigenvalue weighted by molar-refractivity contribution is -0.0328. The minimum atomic E-state index is -4.67. The maximum absolute atomic E-state index is 12.4. The number of hydrogen-bond acceptors (Lipinski definition) is 4. The third-order valence-corrected chi connectivity index (χ3v) is 4.44. The number of nitriles is 1. The van der Waals surface area contributed by atoms with Crippen molar-refractivity contribution in [3.8, 4) is 6.07 Å². The summed E-state index contributed by atoms with van der Waals surface area (Å²) in [7, 11) is 0.804. The number of halogens is 4. The van der Waals surface area contributed by atoms with E-state index in [-0.39, 0.29) is 5.56 Å². The molecule has 9 heteroatoms. The summed E-state index contributed by atoms with van der Waals surface area (Å²) in [6.07, 6.45) is 0.305. The van der Waals surface area contributed by atoms with Gasteiger partial charge in [-0.3, -0.25) is 0 Å². The second-order valence-electron chi connectivity index (χ2n) is 3.41. The molecule has 3 nitrogen and oxygen atoms in total. The average molecular weight is 330 g/mol. The molecular formula is C10H7ClF3NO2S2. The highest BCUT2D eigenvalue weighted by molar-refractivity contribution is 8.14. The molecule has 0 saturated heterocycles. The number of alkyl halides is 3. The molecule has 0 bridgehead atoms. The Bertz CT molecular complexity index is 635. The van der Waals surface area contributed by atoms with Crippen molar-refractivity contribution in [1.82, 2.24) is 0 Å². The lowest BCUT2D eigenvalue weighted by atomic mass is 10.1. The van der Waals surface area contributed by atoms with Crippen molar-refractivity contribution in [2.24, 2.45) is 0 Å². The lowest BCUT2D eigenvalue weighted by Crippen LogP contribution is -2.04. The normalized spacial score (nSPS) is 12.2. The summed E-state index contributed by atoms with van der Waals surface area (Å²) in [6, 6.07) is 3.64. The maximum Gasteiger partial charge on any atom is 0.446 e. The minimum Gasteiger partial charge on any atom is -0.207 e. The van der Waals surface area contributed by atoms with Crippen molar-refractivity contribution in [2.45, 2.75) is 28.6 Å². The third kappa shape index (κ3) is 4.30. The highest BCUT2D eigenvalue weighted by Crippen LogP contribution is 2.41. The van der Waals surface area contributed by atoms with E-state index in [1.807, 2.05) is 0 Å². The molecule has 0 fully saturated rings. The molecule has 1 aromatic rings. The van der Waals surface area contributed by atoms with Crippen LogP contribution in [0, 0.1) is 11.3 Å². The molecule has 0 aliphatic heterocycles. The van der Waals surface area contributed by atoms with Crippen molar-refractivity contribution in [3.05, 3.63) is 23.3 Å². The van der Waals surface area contributed by atoms with Crippen molar-refractivity contribution in [2.75, 3.05) is 0 Å². The van der Waals surface area contributed by atoms with Crippen molar-refractivity contribution < 1.29 is 21.6 Å². The highest BCUT2D eigenvalue weighted by Gasteiger charge is 2.33. The Morgan fingerprint density at radius 2 is 2.00 bits per heavy atom. The van der Waals surface area contributed by atoms with E-state index in [9.17, 15) is 21.6 Å². The Labute approximate surface area is 116 Å². The van der Waals surface area contributed by atoms with Gasteiger partial charge in [0.05, 0.1) is 16.5 Å². The van der Waals surface area contributed by atoms with E-state index in [2.05, 4.69) is 0 Å². The fourth-order valence-corrected chi connectivity index (χ4v) is 3.54. The Balaban J connectivity index is 3.56. The molecule has 0 aromatic heterocycles. The number of rotatable bonds is 3. The number of aryl methyl sites for hydroxylation is 1. The van der Waals surface area contributed by atoms with Gasteiger partial charge in [0.15, 0.2) is 0 Å². The predicted octanol–water partition coefficient (Wildman–Crippen LogP) is 3.66. The number of nitrogens with zero attached hydrogens (tertiary/aromatic N) is 1. The van der Waals surface area contributed by atoms with E-state index in [0.717, 1.165) is 12.1 Å². The van der Waals surface area contributed by atoms with Gasteiger partial charge in [-0.2, -0.15) is 18.4 Å².